The molecule has 7 nitrogen and oxygen atoms in total. The monoisotopic (exact) mass is 543 g/mol. The maximum Gasteiger partial charge on any atom is 0.416 e. The van der Waals surface area contributed by atoms with E-state index in [-0.39, 0.29) is 54.4 Å². The van der Waals surface area contributed by atoms with E-state index in [1.54, 1.807) is 31.3 Å². The Kier molecular flexibility index (Phi) is 6.07. The van der Waals surface area contributed by atoms with Crippen molar-refractivity contribution in [3.05, 3.63) is 76.4 Å². The minimum Gasteiger partial charge on any atom is -0.380 e. The van der Waals surface area contributed by atoms with Crippen molar-refractivity contribution >= 4 is 11.6 Å². The maximum absolute atomic E-state index is 16.8. The minimum absolute atomic E-state index is 0.0259. The second kappa shape index (κ2) is 9.12. The van der Waals surface area contributed by atoms with Gasteiger partial charge in [0, 0.05) is 30.4 Å². The molecule has 206 valence electrons. The molecule has 1 atom stereocenters. The summed E-state index contributed by atoms with van der Waals surface area (Å²) < 4.78 is 66.1. The molecule has 1 aliphatic carbocycles. The molecule has 1 amide bonds. The zero-order valence-corrected chi connectivity index (χ0v) is 21.7. The third kappa shape index (κ3) is 4.31. The van der Waals surface area contributed by atoms with Crippen molar-refractivity contribution in [1.29, 1.82) is 0 Å². The van der Waals surface area contributed by atoms with E-state index in [0.29, 0.717) is 11.3 Å². The van der Waals surface area contributed by atoms with E-state index in [0.717, 1.165) is 25.3 Å². The number of fused-ring (bicyclic) bond motifs is 1. The Bertz CT molecular complexity index is 1430. The van der Waals surface area contributed by atoms with Gasteiger partial charge in [-0.05, 0) is 67.1 Å². The van der Waals surface area contributed by atoms with Crippen LogP contribution in [0.5, 0.6) is 0 Å². The molecule has 0 radical (unpaired) electrons. The first-order valence-corrected chi connectivity index (χ1v) is 13.0. The molecule has 2 fully saturated rings. The first-order valence-electron chi connectivity index (χ1n) is 13.0. The summed E-state index contributed by atoms with van der Waals surface area (Å²) in [6.07, 6.45) is -0.208. The molecule has 2 aromatic carbocycles. The first-order chi connectivity index (χ1) is 18.5. The van der Waals surface area contributed by atoms with Gasteiger partial charge in [-0.25, -0.2) is 4.39 Å². The van der Waals surface area contributed by atoms with Crippen LogP contribution in [0.1, 0.15) is 64.6 Å². The first kappa shape index (κ1) is 25.9. The summed E-state index contributed by atoms with van der Waals surface area (Å²) >= 11 is 0. The van der Waals surface area contributed by atoms with Gasteiger partial charge < -0.3 is 19.5 Å². The highest BCUT2D eigenvalue weighted by Gasteiger charge is 2.50. The third-order valence-corrected chi connectivity index (χ3v) is 8.40. The molecule has 3 heterocycles. The topological polar surface area (TPSA) is 72.3 Å². The number of amides is 1. The van der Waals surface area contributed by atoms with E-state index >= 15 is 4.39 Å². The summed E-state index contributed by atoms with van der Waals surface area (Å²) in [6.45, 7) is 2.41. The number of nitrogens with zero attached hydrogens (tertiary/aromatic N) is 4. The molecule has 1 saturated carbocycles. The van der Waals surface area contributed by atoms with Crippen molar-refractivity contribution in [2.24, 2.45) is 13.0 Å². The van der Waals surface area contributed by atoms with Gasteiger partial charge in [0.2, 0.25) is 5.67 Å². The molecule has 39 heavy (non-hydrogen) atoms. The lowest BCUT2D eigenvalue weighted by atomic mass is 9.78. The third-order valence-electron chi connectivity index (χ3n) is 8.40. The van der Waals surface area contributed by atoms with Gasteiger partial charge in [0.1, 0.15) is 6.33 Å². The van der Waals surface area contributed by atoms with E-state index in [4.69, 9.17) is 4.74 Å². The van der Waals surface area contributed by atoms with Crippen molar-refractivity contribution in [3.8, 4) is 0 Å². The number of halogens is 4. The smallest absolute Gasteiger partial charge is 0.380 e. The van der Waals surface area contributed by atoms with E-state index in [9.17, 15) is 18.0 Å². The number of aryl methyl sites for hydroxylation is 1. The lowest BCUT2D eigenvalue weighted by Crippen LogP contribution is -2.47. The molecule has 11 heteroatoms. The van der Waals surface area contributed by atoms with Gasteiger partial charge in [0.25, 0.3) is 5.91 Å². The quantitative estimate of drug-likeness (QED) is 0.430. The number of aromatic nitrogens is 3. The number of benzene rings is 2. The largest absolute Gasteiger partial charge is 0.416 e. The van der Waals surface area contributed by atoms with Crippen LogP contribution >= 0.6 is 0 Å². The van der Waals surface area contributed by atoms with Crippen LogP contribution in [0.25, 0.3) is 0 Å². The lowest BCUT2D eigenvalue weighted by molar-refractivity contribution is -0.138. The van der Waals surface area contributed by atoms with Crippen LogP contribution < -0.4 is 10.2 Å². The number of alkyl halides is 4. The number of hydrogen-bond donors (Lipinski definition) is 1. The van der Waals surface area contributed by atoms with Crippen molar-refractivity contribution < 1.29 is 27.1 Å². The van der Waals surface area contributed by atoms with Gasteiger partial charge in [-0.2, -0.15) is 13.2 Å². The Morgan fingerprint density at radius 2 is 1.92 bits per heavy atom. The Labute approximate surface area is 223 Å². The highest BCUT2D eigenvalue weighted by atomic mass is 19.4. The molecule has 1 unspecified atom stereocenters. The number of rotatable bonds is 7. The number of hydrogen-bond acceptors (Lipinski definition) is 5. The average Bonchev–Trinajstić information content (AvgIpc) is 3.42. The van der Waals surface area contributed by atoms with Crippen molar-refractivity contribution in [3.63, 3.8) is 0 Å². The van der Waals surface area contributed by atoms with E-state index in [2.05, 4.69) is 22.4 Å². The second-order valence-electron chi connectivity index (χ2n) is 11.1. The summed E-state index contributed by atoms with van der Waals surface area (Å²) in [5.74, 6) is -0.966. The Balaban J connectivity index is 1.35. The average molecular weight is 544 g/mol. The fourth-order valence-corrected chi connectivity index (χ4v) is 5.76. The van der Waals surface area contributed by atoms with Crippen LogP contribution in [0.2, 0.25) is 0 Å². The molecule has 1 N–H and O–H groups in total. The van der Waals surface area contributed by atoms with Gasteiger partial charge in [0.05, 0.1) is 31.2 Å². The van der Waals surface area contributed by atoms with Crippen molar-refractivity contribution in [1.82, 2.24) is 20.1 Å². The van der Waals surface area contributed by atoms with Gasteiger partial charge >= 0.3 is 6.18 Å². The number of anilines is 1. The van der Waals surface area contributed by atoms with E-state index in [1.165, 1.54) is 21.9 Å². The van der Waals surface area contributed by atoms with Gasteiger partial charge in [-0.1, -0.05) is 12.1 Å². The van der Waals surface area contributed by atoms with Crippen LogP contribution in [0.15, 0.2) is 42.7 Å². The summed E-state index contributed by atoms with van der Waals surface area (Å²) in [5.41, 5.74) is -2.04. The Hall–Kier alpha value is -3.31. The van der Waals surface area contributed by atoms with Crippen molar-refractivity contribution in [2.75, 3.05) is 18.1 Å². The van der Waals surface area contributed by atoms with E-state index < -0.39 is 29.2 Å². The summed E-state index contributed by atoms with van der Waals surface area (Å²) in [6, 6.07) is 9.01. The molecular weight excluding hydrogens is 514 g/mol. The fourth-order valence-electron chi connectivity index (χ4n) is 5.76. The SMILES string of the molecule is Cn1cnnc1C(F)(c1cccc(N2Cc3c(cc(CNC4(C)CCC4)cc3C(F)(F)F)C2=O)c1)C1COC1. The van der Waals surface area contributed by atoms with Crippen LogP contribution in [0, 0.1) is 5.92 Å². The van der Waals surface area contributed by atoms with Crippen molar-refractivity contribution in [2.45, 2.75) is 56.7 Å². The minimum atomic E-state index is -4.62. The number of nitrogens with one attached hydrogen (secondary N) is 1. The maximum atomic E-state index is 16.8. The van der Waals surface area contributed by atoms with Gasteiger partial charge in [0.15, 0.2) is 5.82 Å². The number of carbonyl (C=O) groups excluding carboxylic acids is 1. The van der Waals surface area contributed by atoms with Gasteiger partial charge in [-0.3, -0.25) is 4.79 Å². The molecule has 0 spiro atoms. The zero-order valence-electron chi connectivity index (χ0n) is 21.7. The lowest BCUT2D eigenvalue weighted by Gasteiger charge is -2.39. The predicted molar refractivity (Wildman–Crippen MR) is 135 cm³/mol. The Morgan fingerprint density at radius 3 is 2.51 bits per heavy atom. The molecule has 1 aromatic heterocycles. The molecule has 3 aliphatic rings. The van der Waals surface area contributed by atoms with Gasteiger partial charge in [-0.15, -0.1) is 10.2 Å². The highest BCUT2D eigenvalue weighted by Crippen LogP contribution is 2.45. The number of carbonyl (C=O) groups is 1. The molecule has 1 saturated heterocycles. The molecule has 0 bridgehead atoms. The van der Waals surface area contributed by atoms with E-state index in [1.807, 2.05) is 0 Å². The molecular formula is C28H29F4N5O2. The zero-order chi connectivity index (χ0) is 27.6. The normalized spacial score (nSPS) is 20.4. The molecule has 3 aromatic rings. The van der Waals surface area contributed by atoms with Crippen LogP contribution in [0.4, 0.5) is 23.2 Å². The highest BCUT2D eigenvalue weighted by molar-refractivity contribution is 6.10. The summed E-state index contributed by atoms with van der Waals surface area (Å²) in [4.78, 5) is 14.8. The molecule has 6 rings (SSSR count). The van der Waals surface area contributed by atoms with Crippen LogP contribution in [-0.2, 0) is 36.7 Å². The van der Waals surface area contributed by atoms with Crippen LogP contribution in [0.3, 0.4) is 0 Å². The summed E-state index contributed by atoms with van der Waals surface area (Å²) in [5, 5.41) is 11.2. The predicted octanol–water partition coefficient (Wildman–Crippen LogP) is 4.89. The fraction of sp³-hybridized carbons (Fsp3) is 0.464. The second-order valence-corrected chi connectivity index (χ2v) is 11.1. The van der Waals surface area contributed by atoms with Crippen LogP contribution in [-0.4, -0.2) is 39.4 Å². The Morgan fingerprint density at radius 1 is 1.15 bits per heavy atom. The molecule has 2 aliphatic heterocycles. The standard InChI is InChI=1S/C28H29F4N5O2/c1-26(7-4-8-26)33-12-17-9-21-22(23(10-17)28(30,31)32)13-37(24(21)38)20-6-3-5-18(11-20)27(29,19-14-39-15-19)25-35-34-16-36(25)2/h3,5-6,9-11,16,19,33H,4,7-8,12-15H2,1-2H3. The number of ether oxygens (including phenoxy) is 1. The summed E-state index contributed by atoms with van der Waals surface area (Å²) in [7, 11) is 1.64.